The average Bonchev–Trinajstić information content (AvgIpc) is 2.36. The molecule has 1 unspecified atom stereocenters. The zero-order valence-electron chi connectivity index (χ0n) is 10.7. The lowest BCUT2D eigenvalue weighted by Crippen LogP contribution is -2.36. The van der Waals surface area contributed by atoms with E-state index in [1.54, 1.807) is 5.32 Å². The number of carbonyl (C=O) groups excluding carboxylic acids is 1. The Morgan fingerprint density at radius 2 is 2.10 bits per heavy atom. The monoisotopic (exact) mass is 290 g/mol. The van der Waals surface area contributed by atoms with Crippen LogP contribution in [0.3, 0.4) is 0 Å². The number of nitrogen functional groups attached to an aromatic ring is 1. The number of carbonyl (C=O) groups is 1. The molecule has 0 aliphatic rings. The fourth-order valence-corrected chi connectivity index (χ4v) is 1.66. The van der Waals surface area contributed by atoms with E-state index in [1.165, 1.54) is 19.1 Å². The average molecular weight is 290 g/mol. The molecule has 0 saturated heterocycles. The molecular weight excluding hydrogens is 276 g/mol. The third-order valence-corrected chi connectivity index (χ3v) is 2.75. The summed E-state index contributed by atoms with van der Waals surface area (Å²) in [6, 6.07) is 2.31. The van der Waals surface area contributed by atoms with Crippen LogP contribution in [0.5, 0.6) is 0 Å². The smallest absolute Gasteiger partial charge is 0.396 e. The number of alkyl halides is 3. The van der Waals surface area contributed by atoms with Crippen LogP contribution in [0.15, 0.2) is 18.7 Å². The van der Waals surface area contributed by atoms with Crippen molar-refractivity contribution in [1.29, 1.82) is 0 Å². The number of amides is 1. The Morgan fingerprint density at radius 3 is 2.60 bits per heavy atom. The highest BCUT2D eigenvalue weighted by Gasteiger charge is 2.29. The van der Waals surface area contributed by atoms with E-state index < -0.39 is 30.4 Å². The van der Waals surface area contributed by atoms with Crippen molar-refractivity contribution in [2.45, 2.75) is 19.0 Å². The second-order valence-electron chi connectivity index (χ2n) is 4.26. The van der Waals surface area contributed by atoms with Gasteiger partial charge in [0.15, 0.2) is 0 Å². The zero-order chi connectivity index (χ0) is 15.5. The number of nitrogens with one attached hydrogen (secondary N) is 1. The number of nitrogens with two attached hydrogens (primary N) is 1. The Bertz CT molecular complexity index is 526. The summed E-state index contributed by atoms with van der Waals surface area (Å²) >= 11 is 0. The maximum Gasteiger partial charge on any atom is 0.405 e. The first-order valence-electron chi connectivity index (χ1n) is 5.71. The number of benzene rings is 1. The molecule has 1 rings (SSSR count). The first-order valence-corrected chi connectivity index (χ1v) is 5.71. The highest BCUT2D eigenvalue weighted by atomic mass is 19.4. The minimum Gasteiger partial charge on any atom is -0.396 e. The molecule has 0 radical (unpaired) electrons. The van der Waals surface area contributed by atoms with Crippen LogP contribution in [0.2, 0.25) is 0 Å². The standard InChI is InChI=1S/C13H14F4N2O/c1-3-8-4-11(18)10(14)5-9(8)7(2)12(20)19-6-13(15,16)17/h3-5,7H,1,6,18H2,2H3,(H,19,20). The molecule has 0 aliphatic carbocycles. The molecule has 7 heteroatoms. The van der Waals surface area contributed by atoms with Crippen LogP contribution in [0.1, 0.15) is 24.0 Å². The lowest BCUT2D eigenvalue weighted by atomic mass is 9.94. The maximum absolute atomic E-state index is 13.4. The molecule has 0 fully saturated rings. The highest BCUT2D eigenvalue weighted by molar-refractivity contribution is 5.84. The molecule has 1 aromatic carbocycles. The first-order chi connectivity index (χ1) is 9.15. The third kappa shape index (κ3) is 3.97. The normalized spacial score (nSPS) is 12.8. The summed E-state index contributed by atoms with van der Waals surface area (Å²) in [5.74, 6) is -2.55. The molecule has 1 atom stereocenters. The molecule has 0 spiro atoms. The number of halogens is 4. The summed E-state index contributed by atoms with van der Waals surface area (Å²) in [6.07, 6.45) is -3.14. The summed E-state index contributed by atoms with van der Waals surface area (Å²) in [5, 5.41) is 1.75. The van der Waals surface area contributed by atoms with Gasteiger partial charge in [-0.25, -0.2) is 4.39 Å². The van der Waals surface area contributed by atoms with Gasteiger partial charge in [-0.05, 0) is 30.2 Å². The molecule has 1 amide bonds. The molecule has 0 heterocycles. The van der Waals surface area contributed by atoms with E-state index in [2.05, 4.69) is 6.58 Å². The number of rotatable bonds is 4. The van der Waals surface area contributed by atoms with Crippen LogP contribution in [-0.4, -0.2) is 18.6 Å². The molecule has 0 saturated carbocycles. The van der Waals surface area contributed by atoms with Crippen molar-refractivity contribution in [1.82, 2.24) is 5.32 Å². The van der Waals surface area contributed by atoms with Crippen molar-refractivity contribution in [3.05, 3.63) is 35.7 Å². The number of hydrogen-bond acceptors (Lipinski definition) is 2. The van der Waals surface area contributed by atoms with E-state index >= 15 is 0 Å². The van der Waals surface area contributed by atoms with Gasteiger partial charge in [-0.1, -0.05) is 12.7 Å². The van der Waals surface area contributed by atoms with Crippen molar-refractivity contribution in [3.63, 3.8) is 0 Å². The Kier molecular flexibility index (Phi) is 4.75. The number of anilines is 1. The van der Waals surface area contributed by atoms with Gasteiger partial charge in [0.1, 0.15) is 12.4 Å². The van der Waals surface area contributed by atoms with E-state index in [0.717, 1.165) is 6.07 Å². The quantitative estimate of drug-likeness (QED) is 0.662. The molecule has 110 valence electrons. The summed E-state index contributed by atoms with van der Waals surface area (Å²) < 4.78 is 49.5. The van der Waals surface area contributed by atoms with Crippen molar-refractivity contribution in [2.75, 3.05) is 12.3 Å². The fourth-order valence-electron chi connectivity index (χ4n) is 1.66. The summed E-state index contributed by atoms with van der Waals surface area (Å²) in [6.45, 7) is 3.44. The topological polar surface area (TPSA) is 55.1 Å². The van der Waals surface area contributed by atoms with Gasteiger partial charge in [0.25, 0.3) is 0 Å². The minimum absolute atomic E-state index is 0.119. The van der Waals surface area contributed by atoms with Gasteiger partial charge in [-0.2, -0.15) is 13.2 Å². The lowest BCUT2D eigenvalue weighted by Gasteiger charge is -2.16. The van der Waals surface area contributed by atoms with Crippen LogP contribution in [0.4, 0.5) is 23.2 Å². The molecule has 1 aromatic rings. The van der Waals surface area contributed by atoms with Crippen molar-refractivity contribution < 1.29 is 22.4 Å². The molecular formula is C13H14F4N2O. The largest absolute Gasteiger partial charge is 0.405 e. The van der Waals surface area contributed by atoms with E-state index in [1.807, 2.05) is 0 Å². The van der Waals surface area contributed by atoms with Crippen molar-refractivity contribution in [2.24, 2.45) is 0 Å². The van der Waals surface area contributed by atoms with Crippen LogP contribution >= 0.6 is 0 Å². The Labute approximate surface area is 113 Å². The lowest BCUT2D eigenvalue weighted by molar-refractivity contribution is -0.139. The van der Waals surface area contributed by atoms with Crippen LogP contribution in [0, 0.1) is 5.82 Å². The van der Waals surface area contributed by atoms with Crippen molar-refractivity contribution in [3.8, 4) is 0 Å². The molecule has 0 aromatic heterocycles. The van der Waals surface area contributed by atoms with Gasteiger partial charge >= 0.3 is 6.18 Å². The molecule has 20 heavy (non-hydrogen) atoms. The number of hydrogen-bond donors (Lipinski definition) is 2. The molecule has 0 bridgehead atoms. The molecule has 3 nitrogen and oxygen atoms in total. The predicted molar refractivity (Wildman–Crippen MR) is 68.4 cm³/mol. The van der Waals surface area contributed by atoms with E-state index in [4.69, 9.17) is 5.73 Å². The summed E-state index contributed by atoms with van der Waals surface area (Å²) in [7, 11) is 0. The van der Waals surface area contributed by atoms with Crippen molar-refractivity contribution >= 4 is 17.7 Å². The second kappa shape index (κ2) is 5.94. The highest BCUT2D eigenvalue weighted by Crippen LogP contribution is 2.26. The van der Waals surface area contributed by atoms with E-state index in [-0.39, 0.29) is 11.3 Å². The second-order valence-corrected chi connectivity index (χ2v) is 4.26. The van der Waals surface area contributed by atoms with Crippen LogP contribution in [0.25, 0.3) is 6.08 Å². The third-order valence-electron chi connectivity index (χ3n) is 2.75. The Hall–Kier alpha value is -2.05. The van der Waals surface area contributed by atoms with Crippen LogP contribution in [-0.2, 0) is 4.79 Å². The summed E-state index contributed by atoms with van der Waals surface area (Å²) in [4.78, 5) is 11.7. The van der Waals surface area contributed by atoms with Gasteiger partial charge in [0.05, 0.1) is 11.6 Å². The van der Waals surface area contributed by atoms with Gasteiger partial charge < -0.3 is 11.1 Å². The Balaban J connectivity index is 2.96. The first kappa shape index (κ1) is 16.0. The molecule has 3 N–H and O–H groups in total. The predicted octanol–water partition coefficient (Wildman–Crippen LogP) is 2.83. The maximum atomic E-state index is 13.4. The zero-order valence-corrected chi connectivity index (χ0v) is 10.7. The summed E-state index contributed by atoms with van der Waals surface area (Å²) in [5.41, 5.74) is 5.90. The van der Waals surface area contributed by atoms with Gasteiger partial charge in [0.2, 0.25) is 5.91 Å². The van der Waals surface area contributed by atoms with Gasteiger partial charge in [-0.3, -0.25) is 4.79 Å². The minimum atomic E-state index is -4.50. The van der Waals surface area contributed by atoms with E-state index in [9.17, 15) is 22.4 Å². The molecule has 0 aliphatic heterocycles. The van der Waals surface area contributed by atoms with Gasteiger partial charge in [0, 0.05) is 0 Å². The van der Waals surface area contributed by atoms with Gasteiger partial charge in [-0.15, -0.1) is 0 Å². The van der Waals surface area contributed by atoms with E-state index in [0.29, 0.717) is 5.56 Å². The fraction of sp³-hybridized carbons (Fsp3) is 0.308. The van der Waals surface area contributed by atoms with Crippen LogP contribution < -0.4 is 11.1 Å². The Morgan fingerprint density at radius 1 is 1.50 bits per heavy atom. The SMILES string of the molecule is C=Cc1cc(N)c(F)cc1C(C)C(=O)NCC(F)(F)F.